The van der Waals surface area contributed by atoms with Gasteiger partial charge < -0.3 is 10.6 Å². The lowest BCUT2D eigenvalue weighted by molar-refractivity contribution is 0.925. The lowest BCUT2D eigenvalue weighted by atomic mass is 10.2. The summed E-state index contributed by atoms with van der Waals surface area (Å²) in [6.45, 7) is 0.766. The summed E-state index contributed by atoms with van der Waals surface area (Å²) in [5.41, 5.74) is 10.6. The highest BCUT2D eigenvalue weighted by Gasteiger charge is 2.09. The second-order valence-electron chi connectivity index (χ2n) is 4.95. The number of nitrogens with zero attached hydrogens (tertiary/aromatic N) is 3. The maximum Gasteiger partial charge on any atom is 0.112 e. The average Bonchev–Trinajstić information content (AvgIpc) is 2.46. The molecule has 0 aliphatic rings. The highest BCUT2D eigenvalue weighted by atomic mass is 79.9. The molecule has 0 aliphatic carbocycles. The van der Waals surface area contributed by atoms with Crippen LogP contribution in [-0.2, 0) is 6.54 Å². The third-order valence-corrected chi connectivity index (χ3v) is 3.74. The van der Waals surface area contributed by atoms with E-state index >= 15 is 0 Å². The van der Waals surface area contributed by atoms with Gasteiger partial charge in [-0.3, -0.25) is 9.97 Å². The van der Waals surface area contributed by atoms with Crippen molar-refractivity contribution in [3.8, 4) is 0 Å². The molecule has 0 aliphatic heterocycles. The number of hydrogen-bond acceptors (Lipinski definition) is 4. The quantitative estimate of drug-likeness (QED) is 0.738. The van der Waals surface area contributed by atoms with Crippen molar-refractivity contribution in [2.75, 3.05) is 17.7 Å². The molecular weight excluding hydrogens is 328 g/mol. The molecule has 3 rings (SSSR count). The van der Waals surface area contributed by atoms with Gasteiger partial charge in [0.1, 0.15) is 5.52 Å². The number of halogens is 1. The van der Waals surface area contributed by atoms with E-state index in [2.05, 4.69) is 36.9 Å². The van der Waals surface area contributed by atoms with Crippen molar-refractivity contribution in [2.45, 2.75) is 6.54 Å². The molecule has 106 valence electrons. The Bertz CT molecular complexity index is 788. The second-order valence-corrected chi connectivity index (χ2v) is 5.87. The standard InChI is InChI=1S/C16H15BrN4/c1-21(10-11-3-2-4-13(18)7-11)15-5-6-19-14-8-12(17)9-20-16(14)15/h2-9H,10,18H2,1H3. The van der Waals surface area contributed by atoms with Crippen molar-refractivity contribution < 1.29 is 0 Å². The maximum atomic E-state index is 5.83. The summed E-state index contributed by atoms with van der Waals surface area (Å²) < 4.78 is 0.929. The minimum Gasteiger partial charge on any atom is -0.399 e. The summed E-state index contributed by atoms with van der Waals surface area (Å²) in [6, 6.07) is 11.9. The molecule has 0 atom stereocenters. The number of benzene rings is 1. The SMILES string of the molecule is CN(Cc1cccc(N)c1)c1ccnc2cc(Br)cnc12. The number of pyridine rings is 2. The molecule has 0 radical (unpaired) electrons. The molecule has 2 heterocycles. The molecule has 5 heteroatoms. The van der Waals surface area contributed by atoms with Gasteiger partial charge in [0.2, 0.25) is 0 Å². The fourth-order valence-corrected chi connectivity index (χ4v) is 2.67. The van der Waals surface area contributed by atoms with Gasteiger partial charge in [-0.1, -0.05) is 12.1 Å². The summed E-state index contributed by atoms with van der Waals surface area (Å²) in [5, 5.41) is 0. The molecule has 21 heavy (non-hydrogen) atoms. The summed E-state index contributed by atoms with van der Waals surface area (Å²) in [6.07, 6.45) is 3.60. The Balaban J connectivity index is 1.96. The predicted octanol–water partition coefficient (Wildman–Crippen LogP) is 3.61. The third-order valence-electron chi connectivity index (χ3n) is 3.30. The fraction of sp³-hybridized carbons (Fsp3) is 0.125. The first-order valence-electron chi connectivity index (χ1n) is 6.59. The molecule has 2 N–H and O–H groups in total. The van der Waals surface area contributed by atoms with Gasteiger partial charge in [0, 0.05) is 36.1 Å². The van der Waals surface area contributed by atoms with E-state index in [1.54, 1.807) is 6.20 Å². The van der Waals surface area contributed by atoms with Crippen LogP contribution in [0.1, 0.15) is 5.56 Å². The molecule has 1 aromatic carbocycles. The fourth-order valence-electron chi connectivity index (χ4n) is 2.35. The molecule has 4 nitrogen and oxygen atoms in total. The van der Waals surface area contributed by atoms with Crippen LogP contribution >= 0.6 is 15.9 Å². The Kier molecular flexibility index (Phi) is 3.75. The first-order chi connectivity index (χ1) is 10.1. The Morgan fingerprint density at radius 2 is 2.05 bits per heavy atom. The van der Waals surface area contributed by atoms with E-state index in [0.717, 1.165) is 33.4 Å². The van der Waals surface area contributed by atoms with Gasteiger partial charge in [-0.2, -0.15) is 0 Å². The van der Waals surface area contributed by atoms with Crippen LogP contribution in [0.15, 0.2) is 53.3 Å². The summed E-state index contributed by atoms with van der Waals surface area (Å²) >= 11 is 3.43. The lowest BCUT2D eigenvalue weighted by Crippen LogP contribution is -2.17. The number of nitrogens with two attached hydrogens (primary N) is 1. The van der Waals surface area contributed by atoms with Crippen LogP contribution in [0.3, 0.4) is 0 Å². The summed E-state index contributed by atoms with van der Waals surface area (Å²) in [4.78, 5) is 11.0. The Labute approximate surface area is 131 Å². The maximum absolute atomic E-state index is 5.83. The normalized spacial score (nSPS) is 10.8. The molecule has 0 saturated carbocycles. The molecule has 0 saturated heterocycles. The van der Waals surface area contributed by atoms with Crippen molar-refractivity contribution in [3.63, 3.8) is 0 Å². The zero-order chi connectivity index (χ0) is 14.8. The van der Waals surface area contributed by atoms with Gasteiger partial charge in [-0.25, -0.2) is 0 Å². The van der Waals surface area contributed by atoms with E-state index < -0.39 is 0 Å². The van der Waals surface area contributed by atoms with Crippen molar-refractivity contribution in [1.82, 2.24) is 9.97 Å². The highest BCUT2D eigenvalue weighted by molar-refractivity contribution is 9.10. The van der Waals surface area contributed by atoms with Crippen LogP contribution in [0.25, 0.3) is 11.0 Å². The van der Waals surface area contributed by atoms with Crippen molar-refractivity contribution in [1.29, 1.82) is 0 Å². The van der Waals surface area contributed by atoms with Crippen molar-refractivity contribution in [2.24, 2.45) is 0 Å². The van der Waals surface area contributed by atoms with Crippen LogP contribution in [-0.4, -0.2) is 17.0 Å². The molecule has 0 spiro atoms. The Hall–Kier alpha value is -2.14. The van der Waals surface area contributed by atoms with E-state index in [0.29, 0.717) is 0 Å². The second kappa shape index (κ2) is 5.69. The van der Waals surface area contributed by atoms with Crippen molar-refractivity contribution >= 4 is 38.3 Å². The number of rotatable bonds is 3. The van der Waals surface area contributed by atoms with Crippen LogP contribution in [0.5, 0.6) is 0 Å². The number of aromatic nitrogens is 2. The highest BCUT2D eigenvalue weighted by Crippen LogP contribution is 2.25. The van der Waals surface area contributed by atoms with Gasteiger partial charge in [0.25, 0.3) is 0 Å². The molecule has 3 aromatic rings. The zero-order valence-electron chi connectivity index (χ0n) is 11.6. The summed E-state index contributed by atoms with van der Waals surface area (Å²) in [5.74, 6) is 0. The third kappa shape index (κ3) is 2.97. The van der Waals surface area contributed by atoms with Crippen LogP contribution in [0.2, 0.25) is 0 Å². The largest absolute Gasteiger partial charge is 0.399 e. The smallest absolute Gasteiger partial charge is 0.112 e. The van der Waals surface area contributed by atoms with Gasteiger partial charge in [-0.15, -0.1) is 0 Å². The van der Waals surface area contributed by atoms with E-state index in [1.165, 1.54) is 5.56 Å². The Morgan fingerprint density at radius 3 is 2.86 bits per heavy atom. The van der Waals surface area contributed by atoms with E-state index in [9.17, 15) is 0 Å². The number of nitrogen functional groups attached to an aromatic ring is 1. The molecule has 0 fully saturated rings. The molecule has 0 amide bonds. The first kappa shape index (κ1) is 13.8. The van der Waals surface area contributed by atoms with E-state index in [-0.39, 0.29) is 0 Å². The predicted molar refractivity (Wildman–Crippen MR) is 90.2 cm³/mol. The molecule has 2 aromatic heterocycles. The first-order valence-corrected chi connectivity index (χ1v) is 7.38. The monoisotopic (exact) mass is 342 g/mol. The van der Waals surface area contributed by atoms with E-state index in [4.69, 9.17) is 5.73 Å². The van der Waals surface area contributed by atoms with E-state index in [1.807, 2.05) is 43.6 Å². The topological polar surface area (TPSA) is 55.0 Å². The van der Waals surface area contributed by atoms with Gasteiger partial charge in [0.15, 0.2) is 0 Å². The van der Waals surface area contributed by atoms with Crippen LogP contribution < -0.4 is 10.6 Å². The van der Waals surface area contributed by atoms with Gasteiger partial charge >= 0.3 is 0 Å². The van der Waals surface area contributed by atoms with Gasteiger partial charge in [0.05, 0.1) is 11.2 Å². The lowest BCUT2D eigenvalue weighted by Gasteiger charge is -2.20. The molecule has 0 unspecified atom stereocenters. The molecule has 0 bridgehead atoms. The van der Waals surface area contributed by atoms with Crippen LogP contribution in [0.4, 0.5) is 11.4 Å². The number of fused-ring (bicyclic) bond motifs is 1. The molecular formula is C16H15BrN4. The minimum atomic E-state index is 0.766. The Morgan fingerprint density at radius 1 is 1.19 bits per heavy atom. The minimum absolute atomic E-state index is 0.766. The van der Waals surface area contributed by atoms with Gasteiger partial charge in [-0.05, 0) is 45.8 Å². The average molecular weight is 343 g/mol. The van der Waals surface area contributed by atoms with Crippen molar-refractivity contribution in [3.05, 3.63) is 58.8 Å². The summed E-state index contributed by atoms with van der Waals surface area (Å²) in [7, 11) is 2.04. The number of anilines is 2. The number of hydrogen-bond donors (Lipinski definition) is 1. The van der Waals surface area contributed by atoms with Crippen LogP contribution in [0, 0.1) is 0 Å². The zero-order valence-corrected chi connectivity index (χ0v) is 13.2.